The maximum absolute atomic E-state index is 13.1. The van der Waals surface area contributed by atoms with Crippen molar-refractivity contribution in [2.75, 3.05) is 50.2 Å². The van der Waals surface area contributed by atoms with Crippen molar-refractivity contribution in [1.82, 2.24) is 34.7 Å². The number of likely N-dealkylation sites (N-methyl/N-ethyl adjacent to an activating group) is 2. The molecule has 12 nitrogen and oxygen atoms in total. The lowest BCUT2D eigenvalue weighted by atomic mass is 9.91. The van der Waals surface area contributed by atoms with E-state index in [1.165, 1.54) is 12.4 Å². The molecule has 2 aliphatic rings. The van der Waals surface area contributed by atoms with E-state index in [0.717, 1.165) is 50.8 Å². The first-order valence-electron chi connectivity index (χ1n) is 13.8. The number of amides is 3. The van der Waals surface area contributed by atoms with Crippen molar-refractivity contribution >= 4 is 46.4 Å². The monoisotopic (exact) mass is 568 g/mol. The summed E-state index contributed by atoms with van der Waals surface area (Å²) in [5.41, 5.74) is 2.29. The van der Waals surface area contributed by atoms with Gasteiger partial charge in [-0.3, -0.25) is 4.79 Å². The van der Waals surface area contributed by atoms with Crippen LogP contribution in [-0.2, 0) is 0 Å². The highest BCUT2D eigenvalue weighted by Crippen LogP contribution is 2.30. The normalized spacial score (nSPS) is 18.9. The van der Waals surface area contributed by atoms with Gasteiger partial charge in [0.05, 0.1) is 11.9 Å². The summed E-state index contributed by atoms with van der Waals surface area (Å²) in [6, 6.07) is 5.97. The highest BCUT2D eigenvalue weighted by molar-refractivity contribution is 6.29. The number of halogens is 1. The Hall–Kier alpha value is -3.64. The molecule has 0 saturated heterocycles. The van der Waals surface area contributed by atoms with Crippen LogP contribution in [0.4, 0.5) is 22.0 Å². The highest BCUT2D eigenvalue weighted by Gasteiger charge is 2.26. The number of hydrogen-bond donors (Lipinski definition) is 4. The second kappa shape index (κ2) is 12.3. The van der Waals surface area contributed by atoms with Crippen LogP contribution in [0.5, 0.6) is 0 Å². The van der Waals surface area contributed by atoms with Crippen molar-refractivity contribution in [3.63, 3.8) is 0 Å². The summed E-state index contributed by atoms with van der Waals surface area (Å²) in [6.07, 6.45) is 8.85. The molecule has 2 aliphatic carbocycles. The average Bonchev–Trinajstić information content (AvgIpc) is 3.63. The molecule has 3 heterocycles. The minimum absolute atomic E-state index is 0.0267. The van der Waals surface area contributed by atoms with Gasteiger partial charge in [0.25, 0.3) is 5.91 Å². The minimum atomic E-state index is -0.344. The van der Waals surface area contributed by atoms with Gasteiger partial charge in [-0.05, 0) is 64.8 Å². The van der Waals surface area contributed by atoms with E-state index in [0.29, 0.717) is 40.6 Å². The van der Waals surface area contributed by atoms with Crippen LogP contribution in [0.1, 0.15) is 49.0 Å². The van der Waals surface area contributed by atoms with Gasteiger partial charge in [-0.1, -0.05) is 11.6 Å². The Bertz CT molecular complexity index is 1350. The molecule has 3 amide bonds. The number of imidazole rings is 1. The molecule has 0 unspecified atom stereocenters. The van der Waals surface area contributed by atoms with Gasteiger partial charge >= 0.3 is 6.03 Å². The van der Waals surface area contributed by atoms with Crippen molar-refractivity contribution in [3.05, 3.63) is 41.4 Å². The topological polar surface area (TPSA) is 132 Å². The van der Waals surface area contributed by atoms with Crippen LogP contribution in [0.25, 0.3) is 5.65 Å². The van der Waals surface area contributed by atoms with Gasteiger partial charge in [-0.25, -0.2) is 19.3 Å². The Morgan fingerprint density at radius 2 is 1.68 bits per heavy atom. The number of urea groups is 1. The second-order valence-electron chi connectivity index (χ2n) is 10.9. The number of aromatic nitrogens is 4. The lowest BCUT2D eigenvalue weighted by molar-refractivity contribution is 0.102. The molecule has 0 aromatic carbocycles. The highest BCUT2D eigenvalue weighted by atomic mass is 35.5. The van der Waals surface area contributed by atoms with Crippen molar-refractivity contribution in [1.29, 1.82) is 0 Å². The largest absolute Gasteiger partial charge is 0.379 e. The predicted molar refractivity (Wildman–Crippen MR) is 156 cm³/mol. The molecule has 2 fully saturated rings. The van der Waals surface area contributed by atoms with E-state index < -0.39 is 0 Å². The van der Waals surface area contributed by atoms with Gasteiger partial charge in [0.15, 0.2) is 11.3 Å². The molecule has 214 valence electrons. The van der Waals surface area contributed by atoms with E-state index in [2.05, 4.69) is 36.1 Å². The molecule has 0 atom stereocenters. The van der Waals surface area contributed by atoms with Crippen LogP contribution in [-0.4, -0.2) is 93.7 Å². The van der Waals surface area contributed by atoms with Gasteiger partial charge in [-0.15, -0.1) is 5.10 Å². The number of fused-ring (bicyclic) bond motifs is 1. The van der Waals surface area contributed by atoms with E-state index in [1.807, 2.05) is 27.2 Å². The molecule has 40 heavy (non-hydrogen) atoms. The third kappa shape index (κ3) is 7.11. The Kier molecular flexibility index (Phi) is 8.55. The number of pyridine rings is 1. The van der Waals surface area contributed by atoms with Gasteiger partial charge in [-0.2, -0.15) is 0 Å². The fraction of sp³-hybridized carbons (Fsp3) is 0.519. The van der Waals surface area contributed by atoms with Crippen molar-refractivity contribution < 1.29 is 9.59 Å². The van der Waals surface area contributed by atoms with E-state index in [9.17, 15) is 9.59 Å². The van der Waals surface area contributed by atoms with Crippen molar-refractivity contribution in [3.8, 4) is 0 Å². The zero-order valence-corrected chi connectivity index (χ0v) is 23.9. The molecule has 0 spiro atoms. The maximum Gasteiger partial charge on any atom is 0.317 e. The lowest BCUT2D eigenvalue weighted by Crippen LogP contribution is -2.47. The number of hydrogen-bond acceptors (Lipinski definition) is 8. The third-order valence-electron chi connectivity index (χ3n) is 7.26. The Labute approximate surface area is 238 Å². The number of rotatable bonds is 10. The van der Waals surface area contributed by atoms with Gasteiger partial charge in [0.1, 0.15) is 11.0 Å². The number of nitrogens with zero attached hydrogens (tertiary/aromatic N) is 6. The Morgan fingerprint density at radius 1 is 0.975 bits per heavy atom. The van der Waals surface area contributed by atoms with Crippen LogP contribution >= 0.6 is 11.6 Å². The first-order chi connectivity index (χ1) is 19.2. The molecule has 5 rings (SSSR count). The molecular formula is C27H37ClN10O2. The molecule has 2 saturated carbocycles. The third-order valence-corrected chi connectivity index (χ3v) is 7.46. The van der Waals surface area contributed by atoms with Crippen LogP contribution in [0.15, 0.2) is 30.6 Å². The van der Waals surface area contributed by atoms with Gasteiger partial charge in [0, 0.05) is 56.2 Å². The standard InChI is InChI=1S/C27H37ClN10O2/c1-36(2)12-13-37(3)27(40)34-19-8-6-18(7-9-19)32-24-15-21(31-17-4-5-17)25-30-16-22(38(25)35-24)26(39)33-20-10-11-29-23(28)14-20/h10-11,14-19,31H,4-9,12-13H2,1-3H3,(H,32,35)(H,34,40)(H,29,33,39)/t18-,19-. The fourth-order valence-corrected chi connectivity index (χ4v) is 4.92. The Morgan fingerprint density at radius 3 is 2.38 bits per heavy atom. The molecule has 3 aromatic rings. The fourth-order valence-electron chi connectivity index (χ4n) is 4.75. The molecule has 13 heteroatoms. The summed E-state index contributed by atoms with van der Waals surface area (Å²) in [5, 5.41) is 18.2. The first kappa shape index (κ1) is 27.9. The van der Waals surface area contributed by atoms with Crippen molar-refractivity contribution in [2.45, 2.75) is 56.7 Å². The minimum Gasteiger partial charge on any atom is -0.379 e. The van der Waals surface area contributed by atoms with E-state index in [1.54, 1.807) is 21.5 Å². The van der Waals surface area contributed by atoms with Gasteiger partial charge < -0.3 is 31.1 Å². The van der Waals surface area contributed by atoms with Crippen LogP contribution < -0.4 is 21.3 Å². The number of nitrogens with one attached hydrogen (secondary N) is 4. The number of carbonyl (C=O) groups excluding carboxylic acids is 2. The van der Waals surface area contributed by atoms with Crippen LogP contribution in [0, 0.1) is 0 Å². The summed E-state index contributed by atoms with van der Waals surface area (Å²) in [5.74, 6) is 0.328. The molecular weight excluding hydrogens is 532 g/mol. The maximum atomic E-state index is 13.1. The average molecular weight is 569 g/mol. The molecule has 0 radical (unpaired) electrons. The SMILES string of the molecule is CN(C)CCN(C)C(=O)N[C@H]1CC[C@H](Nc2cc(NC3CC3)c3ncc(C(=O)Nc4ccnc(Cl)c4)n3n2)CC1. The number of carbonyl (C=O) groups is 2. The second-order valence-corrected chi connectivity index (χ2v) is 11.3. The van der Waals surface area contributed by atoms with E-state index >= 15 is 0 Å². The van der Waals surface area contributed by atoms with E-state index in [-0.39, 0.29) is 24.0 Å². The summed E-state index contributed by atoms with van der Waals surface area (Å²) in [6.45, 7) is 1.51. The molecule has 0 aliphatic heterocycles. The van der Waals surface area contributed by atoms with Crippen LogP contribution in [0.3, 0.4) is 0 Å². The predicted octanol–water partition coefficient (Wildman–Crippen LogP) is 3.53. The van der Waals surface area contributed by atoms with E-state index in [4.69, 9.17) is 16.7 Å². The smallest absolute Gasteiger partial charge is 0.317 e. The van der Waals surface area contributed by atoms with Crippen LogP contribution in [0.2, 0.25) is 5.15 Å². The summed E-state index contributed by atoms with van der Waals surface area (Å²) in [4.78, 5) is 38.0. The van der Waals surface area contributed by atoms with Crippen molar-refractivity contribution in [2.24, 2.45) is 0 Å². The zero-order valence-electron chi connectivity index (χ0n) is 23.2. The summed E-state index contributed by atoms with van der Waals surface area (Å²) < 4.78 is 1.58. The summed E-state index contributed by atoms with van der Waals surface area (Å²) >= 11 is 5.97. The first-order valence-corrected chi connectivity index (χ1v) is 14.1. The quantitative estimate of drug-likeness (QED) is 0.273. The molecule has 3 aromatic heterocycles. The number of anilines is 3. The summed E-state index contributed by atoms with van der Waals surface area (Å²) in [7, 11) is 5.83. The Balaban J connectivity index is 1.25. The lowest BCUT2D eigenvalue weighted by Gasteiger charge is -2.31. The van der Waals surface area contributed by atoms with Gasteiger partial charge in [0.2, 0.25) is 0 Å². The zero-order chi connectivity index (χ0) is 28.2. The molecule has 0 bridgehead atoms. The molecule has 4 N–H and O–H groups in total.